The minimum absolute atomic E-state index is 0.0592. The molecule has 1 aromatic heterocycles. The Hall–Kier alpha value is -2.84. The minimum atomic E-state index is -4.35. The van der Waals surface area contributed by atoms with Crippen molar-refractivity contribution < 1.29 is 23.1 Å². The molecule has 166 valence electrons. The Morgan fingerprint density at radius 2 is 1.81 bits per heavy atom. The molecule has 0 fully saturated rings. The lowest BCUT2D eigenvalue weighted by Gasteiger charge is -2.24. The molecule has 0 saturated heterocycles. The predicted octanol–water partition coefficient (Wildman–Crippen LogP) is 4.12. The van der Waals surface area contributed by atoms with Gasteiger partial charge in [-0.05, 0) is 48.6 Å². The number of hydrogen-bond donors (Lipinski definition) is 4. The topological polar surface area (TPSA) is 91.1 Å². The van der Waals surface area contributed by atoms with Gasteiger partial charge in [0.2, 0.25) is 0 Å². The molecule has 0 bridgehead atoms. The van der Waals surface area contributed by atoms with Gasteiger partial charge in [0, 0.05) is 35.7 Å². The lowest BCUT2D eigenvalue weighted by molar-refractivity contribution is -0.138. The van der Waals surface area contributed by atoms with Gasteiger partial charge in [-0.3, -0.25) is 4.79 Å². The number of halogens is 3. The van der Waals surface area contributed by atoms with E-state index in [-0.39, 0.29) is 18.5 Å². The van der Waals surface area contributed by atoms with Crippen LogP contribution in [-0.4, -0.2) is 34.7 Å². The van der Waals surface area contributed by atoms with Crippen LogP contribution in [0.25, 0.3) is 10.9 Å². The zero-order chi connectivity index (χ0) is 22.4. The summed E-state index contributed by atoms with van der Waals surface area (Å²) in [7, 11) is 0. The van der Waals surface area contributed by atoms with Crippen molar-refractivity contribution in [1.29, 1.82) is 0 Å². The molecule has 31 heavy (non-hydrogen) atoms. The number of alkyl halides is 3. The Kier molecular flexibility index (Phi) is 7.35. The maximum absolute atomic E-state index is 12.7. The number of H-pyrrole nitrogens is 1. The highest BCUT2D eigenvalue weighted by molar-refractivity contribution is 5.83. The van der Waals surface area contributed by atoms with Crippen LogP contribution in [0.3, 0.4) is 0 Å². The highest BCUT2D eigenvalue weighted by Gasteiger charge is 2.30. The van der Waals surface area contributed by atoms with Crippen LogP contribution >= 0.6 is 0 Å². The van der Waals surface area contributed by atoms with Crippen molar-refractivity contribution in [3.05, 3.63) is 71.4 Å². The van der Waals surface area contributed by atoms with Gasteiger partial charge in [0.1, 0.15) is 0 Å². The molecule has 0 aliphatic rings. The first-order valence-electron chi connectivity index (χ1n) is 10.1. The molecule has 5 N–H and O–H groups in total. The molecular formula is C23H26F3N3O2. The van der Waals surface area contributed by atoms with Gasteiger partial charge in [-0.1, -0.05) is 30.3 Å². The molecule has 0 amide bonds. The van der Waals surface area contributed by atoms with Gasteiger partial charge in [0.25, 0.3) is 0 Å². The molecule has 2 atom stereocenters. The van der Waals surface area contributed by atoms with E-state index >= 15 is 0 Å². The van der Waals surface area contributed by atoms with E-state index in [1.165, 1.54) is 12.1 Å². The van der Waals surface area contributed by atoms with Crippen molar-refractivity contribution in [1.82, 2.24) is 10.3 Å². The number of aromatic amines is 1. The van der Waals surface area contributed by atoms with Crippen molar-refractivity contribution >= 4 is 16.9 Å². The summed E-state index contributed by atoms with van der Waals surface area (Å²) < 4.78 is 38.1. The summed E-state index contributed by atoms with van der Waals surface area (Å²) in [6.07, 6.45) is -0.873. The standard InChI is InChI=1S/C23H26F3N3O2/c24-23(25,26)17-8-5-15(6-9-17)7-10-18(13-27)29-19(12-22(30)31)11-16-14-28-21-4-2-1-3-20(16)21/h1-6,8-9,14,18-19,28-29H,7,10-13,27H2,(H,30,31)/t18?,19-/m1/s1. The fraction of sp³-hybridized carbons (Fsp3) is 0.348. The first kappa shape index (κ1) is 22.8. The molecule has 0 radical (unpaired) electrons. The number of nitrogens with one attached hydrogen (secondary N) is 2. The SMILES string of the molecule is NCC(CCc1ccc(C(F)(F)F)cc1)N[C@@H](CC(=O)O)Cc1c[nH]c2ccccc12. The van der Waals surface area contributed by atoms with Gasteiger partial charge in [0.15, 0.2) is 0 Å². The molecule has 2 aromatic carbocycles. The van der Waals surface area contributed by atoms with Gasteiger partial charge in [-0.2, -0.15) is 13.2 Å². The third-order valence-electron chi connectivity index (χ3n) is 5.38. The van der Waals surface area contributed by atoms with Crippen molar-refractivity contribution in [2.75, 3.05) is 6.54 Å². The van der Waals surface area contributed by atoms with E-state index < -0.39 is 17.7 Å². The molecule has 1 unspecified atom stereocenters. The highest BCUT2D eigenvalue weighted by atomic mass is 19.4. The number of para-hydroxylation sites is 1. The summed E-state index contributed by atoms with van der Waals surface area (Å²) in [5.74, 6) is -0.907. The average molecular weight is 433 g/mol. The third-order valence-corrected chi connectivity index (χ3v) is 5.38. The van der Waals surface area contributed by atoms with Gasteiger partial charge < -0.3 is 21.1 Å². The second-order valence-electron chi connectivity index (χ2n) is 7.69. The fourth-order valence-electron chi connectivity index (χ4n) is 3.77. The number of aryl methyl sites for hydroxylation is 1. The van der Waals surface area contributed by atoms with E-state index in [1.54, 1.807) is 0 Å². The number of aromatic nitrogens is 1. The summed E-state index contributed by atoms with van der Waals surface area (Å²) in [6, 6.07) is 12.4. The Morgan fingerprint density at radius 1 is 1.10 bits per heavy atom. The number of benzene rings is 2. The number of rotatable bonds is 10. The molecule has 8 heteroatoms. The number of carbonyl (C=O) groups is 1. The van der Waals surface area contributed by atoms with Gasteiger partial charge in [-0.25, -0.2) is 0 Å². The fourth-order valence-corrected chi connectivity index (χ4v) is 3.77. The lowest BCUT2D eigenvalue weighted by Crippen LogP contribution is -2.45. The predicted molar refractivity (Wildman–Crippen MR) is 114 cm³/mol. The summed E-state index contributed by atoms with van der Waals surface area (Å²) in [5, 5.41) is 13.7. The number of carboxylic acids is 1. The minimum Gasteiger partial charge on any atom is -0.481 e. The molecule has 3 rings (SSSR count). The molecule has 0 aliphatic heterocycles. The third kappa shape index (κ3) is 6.32. The Labute approximate surface area is 178 Å². The summed E-state index contributed by atoms with van der Waals surface area (Å²) in [5.41, 5.74) is 8.01. The van der Waals surface area contributed by atoms with Crippen LogP contribution in [0.1, 0.15) is 29.5 Å². The van der Waals surface area contributed by atoms with Crippen LogP contribution < -0.4 is 11.1 Å². The van der Waals surface area contributed by atoms with Gasteiger partial charge in [-0.15, -0.1) is 0 Å². The second-order valence-corrected chi connectivity index (χ2v) is 7.69. The molecule has 0 saturated carbocycles. The summed E-state index contributed by atoms with van der Waals surface area (Å²) in [4.78, 5) is 14.6. The summed E-state index contributed by atoms with van der Waals surface area (Å²) >= 11 is 0. The van der Waals surface area contributed by atoms with E-state index in [0.29, 0.717) is 25.8 Å². The van der Waals surface area contributed by atoms with Gasteiger partial charge >= 0.3 is 12.1 Å². The van der Waals surface area contributed by atoms with Crippen LogP contribution in [0.15, 0.2) is 54.7 Å². The zero-order valence-corrected chi connectivity index (χ0v) is 17.0. The Morgan fingerprint density at radius 3 is 2.45 bits per heavy atom. The van der Waals surface area contributed by atoms with E-state index in [1.807, 2.05) is 30.5 Å². The number of fused-ring (bicyclic) bond motifs is 1. The zero-order valence-electron chi connectivity index (χ0n) is 17.0. The Balaban J connectivity index is 1.64. The number of hydrogen-bond acceptors (Lipinski definition) is 3. The molecule has 0 spiro atoms. The highest BCUT2D eigenvalue weighted by Crippen LogP contribution is 2.29. The van der Waals surface area contributed by atoms with E-state index in [0.717, 1.165) is 34.2 Å². The smallest absolute Gasteiger partial charge is 0.416 e. The van der Waals surface area contributed by atoms with Crippen LogP contribution in [0.5, 0.6) is 0 Å². The molecule has 0 aliphatic carbocycles. The normalized spacial score (nSPS) is 13.9. The molecule has 1 heterocycles. The number of nitrogens with two attached hydrogens (primary N) is 1. The van der Waals surface area contributed by atoms with Crippen molar-refractivity contribution in [3.63, 3.8) is 0 Å². The molecular weight excluding hydrogens is 407 g/mol. The number of aliphatic carboxylic acids is 1. The van der Waals surface area contributed by atoms with Crippen molar-refractivity contribution in [3.8, 4) is 0 Å². The van der Waals surface area contributed by atoms with Crippen molar-refractivity contribution in [2.45, 2.75) is 43.9 Å². The number of carboxylic acid groups (broad SMARTS) is 1. The van der Waals surface area contributed by atoms with Crippen LogP contribution in [0.4, 0.5) is 13.2 Å². The van der Waals surface area contributed by atoms with Crippen LogP contribution in [0, 0.1) is 0 Å². The maximum atomic E-state index is 12.7. The van der Waals surface area contributed by atoms with E-state index in [4.69, 9.17) is 5.73 Å². The van der Waals surface area contributed by atoms with E-state index in [2.05, 4.69) is 10.3 Å². The second kappa shape index (κ2) is 9.98. The summed E-state index contributed by atoms with van der Waals surface area (Å²) in [6.45, 7) is 0.296. The van der Waals surface area contributed by atoms with Crippen LogP contribution in [-0.2, 0) is 23.8 Å². The maximum Gasteiger partial charge on any atom is 0.416 e. The Bertz CT molecular complexity index is 999. The average Bonchev–Trinajstić information content (AvgIpc) is 3.13. The first-order chi connectivity index (χ1) is 14.8. The van der Waals surface area contributed by atoms with Gasteiger partial charge in [0.05, 0.1) is 12.0 Å². The first-order valence-corrected chi connectivity index (χ1v) is 10.1. The largest absolute Gasteiger partial charge is 0.481 e. The van der Waals surface area contributed by atoms with Crippen molar-refractivity contribution in [2.24, 2.45) is 5.73 Å². The van der Waals surface area contributed by atoms with Crippen LogP contribution in [0.2, 0.25) is 0 Å². The molecule has 3 aromatic rings. The quantitative estimate of drug-likeness (QED) is 0.387. The monoisotopic (exact) mass is 433 g/mol. The lowest BCUT2D eigenvalue weighted by atomic mass is 9.99. The van der Waals surface area contributed by atoms with E-state index in [9.17, 15) is 23.1 Å². The molecule has 5 nitrogen and oxygen atoms in total.